The van der Waals surface area contributed by atoms with Gasteiger partial charge in [-0.15, -0.1) is 0 Å². The number of hydrogen-bond acceptors (Lipinski definition) is 3. The summed E-state index contributed by atoms with van der Waals surface area (Å²) in [4.78, 5) is 23.5. The van der Waals surface area contributed by atoms with E-state index in [-0.39, 0.29) is 12.4 Å². The van der Waals surface area contributed by atoms with E-state index in [0.717, 1.165) is 5.56 Å². The topological polar surface area (TPSA) is 68.5 Å². The molecule has 0 unspecified atom stereocenters. The summed E-state index contributed by atoms with van der Waals surface area (Å²) in [6, 6.07) is 18.7. The van der Waals surface area contributed by atoms with Gasteiger partial charge in [0, 0.05) is 18.3 Å². The van der Waals surface area contributed by atoms with Crippen LogP contribution in [0.5, 0.6) is 5.75 Å². The molecule has 0 bridgehead atoms. The number of ketones is 1. The maximum absolute atomic E-state index is 12.9. The normalized spacial score (nSPS) is 11.2. The molecule has 0 aliphatic carbocycles. The zero-order valence-corrected chi connectivity index (χ0v) is 17.1. The van der Waals surface area contributed by atoms with Gasteiger partial charge < -0.3 is 14.4 Å². The summed E-state index contributed by atoms with van der Waals surface area (Å²) in [5.41, 5.74) is 3.41. The Bertz CT molecular complexity index is 1050. The number of carboxylic acid groups (broad SMARTS) is 1. The lowest BCUT2D eigenvalue weighted by Gasteiger charge is -2.08. The van der Waals surface area contributed by atoms with Gasteiger partial charge in [0.15, 0.2) is 6.61 Å². The Morgan fingerprint density at radius 3 is 2.53 bits per heavy atom. The fourth-order valence-electron chi connectivity index (χ4n) is 3.10. The zero-order chi connectivity index (χ0) is 21.5. The lowest BCUT2D eigenvalue weighted by molar-refractivity contribution is -0.139. The Hall–Kier alpha value is -3.60. The Kier molecular flexibility index (Phi) is 6.86. The van der Waals surface area contributed by atoms with Crippen molar-refractivity contribution in [3.63, 3.8) is 0 Å². The van der Waals surface area contributed by atoms with E-state index in [1.807, 2.05) is 71.4 Å². The largest absolute Gasteiger partial charge is 0.482 e. The van der Waals surface area contributed by atoms with Crippen LogP contribution in [0.25, 0.3) is 6.08 Å². The number of rotatable bonds is 9. The average Bonchev–Trinajstić information content (AvgIpc) is 3.20. The molecule has 1 N–H and O–H groups in total. The highest BCUT2D eigenvalue weighted by Gasteiger charge is 2.13. The second kappa shape index (κ2) is 9.74. The van der Waals surface area contributed by atoms with Gasteiger partial charge in [0.05, 0.1) is 5.69 Å². The van der Waals surface area contributed by atoms with Crippen LogP contribution in [0.3, 0.4) is 0 Å². The van der Waals surface area contributed by atoms with E-state index >= 15 is 0 Å². The Labute approximate surface area is 176 Å². The molecule has 5 nitrogen and oxygen atoms in total. The highest BCUT2D eigenvalue weighted by molar-refractivity contribution is 6.08. The van der Waals surface area contributed by atoms with Gasteiger partial charge in [0.25, 0.3) is 0 Å². The van der Waals surface area contributed by atoms with Crippen molar-refractivity contribution in [2.45, 2.75) is 26.3 Å². The van der Waals surface area contributed by atoms with Crippen molar-refractivity contribution in [3.05, 3.63) is 95.3 Å². The molecule has 30 heavy (non-hydrogen) atoms. The number of benzene rings is 2. The first-order chi connectivity index (χ1) is 14.4. The van der Waals surface area contributed by atoms with Crippen molar-refractivity contribution < 1.29 is 19.4 Å². The molecule has 0 aliphatic heterocycles. The highest BCUT2D eigenvalue weighted by Crippen LogP contribution is 2.18. The number of carbonyl (C=O) groups is 2. The van der Waals surface area contributed by atoms with E-state index in [1.165, 1.54) is 5.56 Å². The molecule has 1 aromatic heterocycles. The zero-order valence-electron chi connectivity index (χ0n) is 17.1. The summed E-state index contributed by atoms with van der Waals surface area (Å²) in [6.45, 7) is 4.42. The summed E-state index contributed by atoms with van der Waals surface area (Å²) in [5.74, 6) is -0.0928. The Balaban J connectivity index is 1.68. The van der Waals surface area contributed by atoms with Crippen LogP contribution in [0.1, 0.15) is 46.9 Å². The molecule has 3 rings (SSSR count). The molecule has 154 valence electrons. The maximum Gasteiger partial charge on any atom is 0.341 e. The van der Waals surface area contributed by atoms with Crippen LogP contribution in [-0.4, -0.2) is 28.0 Å². The van der Waals surface area contributed by atoms with Crippen molar-refractivity contribution in [1.29, 1.82) is 0 Å². The monoisotopic (exact) mass is 403 g/mol. The summed E-state index contributed by atoms with van der Waals surface area (Å²) >= 11 is 0. The third-order valence-corrected chi connectivity index (χ3v) is 4.73. The van der Waals surface area contributed by atoms with E-state index in [1.54, 1.807) is 12.1 Å². The summed E-state index contributed by atoms with van der Waals surface area (Å²) in [5, 5.41) is 8.71. The smallest absolute Gasteiger partial charge is 0.341 e. The van der Waals surface area contributed by atoms with E-state index in [2.05, 4.69) is 13.8 Å². The molecular weight excluding hydrogens is 378 g/mol. The number of ether oxygens (including phenoxy) is 1. The summed E-state index contributed by atoms with van der Waals surface area (Å²) < 4.78 is 7.10. The minimum absolute atomic E-state index is 0.00669. The maximum atomic E-state index is 12.9. The van der Waals surface area contributed by atoms with Crippen molar-refractivity contribution >= 4 is 17.8 Å². The van der Waals surface area contributed by atoms with Crippen molar-refractivity contribution in [3.8, 4) is 5.75 Å². The predicted octanol–water partition coefficient (Wildman–Crippen LogP) is 5.02. The van der Waals surface area contributed by atoms with Crippen molar-refractivity contribution in [2.75, 3.05) is 6.61 Å². The van der Waals surface area contributed by atoms with Gasteiger partial charge in [0.1, 0.15) is 5.75 Å². The predicted molar refractivity (Wildman–Crippen MR) is 117 cm³/mol. The number of carbonyl (C=O) groups excluding carboxylic acids is 1. The standard InChI is InChI=1S/C25H25NO4/c1-18(2)20-10-12-21(13-11-20)25(29)23-9-5-15-26(23)14-4-7-19-6-3-8-22(16-19)30-17-24(27)28/h3-13,15-16,18H,14,17H2,1-2H3,(H,27,28)/b7-4+. The van der Waals surface area contributed by atoms with Gasteiger partial charge in [-0.05, 0) is 41.3 Å². The molecule has 2 aromatic carbocycles. The summed E-state index contributed by atoms with van der Waals surface area (Å²) in [6.07, 6.45) is 5.75. The number of carboxylic acids is 1. The van der Waals surface area contributed by atoms with Gasteiger partial charge in [-0.25, -0.2) is 4.79 Å². The average molecular weight is 403 g/mol. The van der Waals surface area contributed by atoms with Gasteiger partial charge in [-0.2, -0.15) is 0 Å². The van der Waals surface area contributed by atoms with Crippen LogP contribution in [0.15, 0.2) is 72.9 Å². The number of aromatic nitrogens is 1. The van der Waals surface area contributed by atoms with Crippen LogP contribution in [0, 0.1) is 0 Å². The highest BCUT2D eigenvalue weighted by atomic mass is 16.5. The lowest BCUT2D eigenvalue weighted by Crippen LogP contribution is -2.09. The second-order valence-corrected chi connectivity index (χ2v) is 7.31. The number of hydrogen-bond donors (Lipinski definition) is 1. The van der Waals surface area contributed by atoms with Crippen LogP contribution >= 0.6 is 0 Å². The van der Waals surface area contributed by atoms with Gasteiger partial charge >= 0.3 is 5.97 Å². The quantitative estimate of drug-likeness (QED) is 0.510. The minimum atomic E-state index is -1.01. The van der Waals surface area contributed by atoms with Crippen molar-refractivity contribution in [2.24, 2.45) is 0 Å². The van der Waals surface area contributed by atoms with Crippen molar-refractivity contribution in [1.82, 2.24) is 4.57 Å². The molecule has 0 atom stereocenters. The van der Waals surface area contributed by atoms with E-state index in [4.69, 9.17) is 9.84 Å². The minimum Gasteiger partial charge on any atom is -0.482 e. The number of nitrogens with zero attached hydrogens (tertiary/aromatic N) is 1. The van der Waals surface area contributed by atoms with Gasteiger partial charge in [-0.3, -0.25) is 4.79 Å². The SMILES string of the molecule is CC(C)c1ccc(C(=O)c2cccn2C/C=C/c2cccc(OCC(=O)O)c2)cc1. The van der Waals surface area contributed by atoms with E-state index < -0.39 is 5.97 Å². The first-order valence-corrected chi connectivity index (χ1v) is 9.85. The van der Waals surface area contributed by atoms with E-state index in [9.17, 15) is 9.59 Å². The Morgan fingerprint density at radius 1 is 1.07 bits per heavy atom. The Morgan fingerprint density at radius 2 is 1.83 bits per heavy atom. The van der Waals surface area contributed by atoms with Crippen LogP contribution in [-0.2, 0) is 11.3 Å². The van der Waals surface area contributed by atoms with Gasteiger partial charge in [-0.1, -0.05) is 62.4 Å². The number of allylic oxidation sites excluding steroid dienone is 1. The second-order valence-electron chi connectivity index (χ2n) is 7.31. The molecule has 0 spiro atoms. The molecule has 0 amide bonds. The van der Waals surface area contributed by atoms with Gasteiger partial charge in [0.2, 0.25) is 5.78 Å². The molecule has 5 heteroatoms. The molecule has 1 heterocycles. The molecule has 0 aliphatic rings. The van der Waals surface area contributed by atoms with Crippen LogP contribution < -0.4 is 4.74 Å². The van der Waals surface area contributed by atoms with Crippen LogP contribution in [0.4, 0.5) is 0 Å². The fraction of sp³-hybridized carbons (Fsp3) is 0.200. The molecule has 0 fully saturated rings. The number of aliphatic carboxylic acids is 1. The first kappa shape index (κ1) is 21.1. The van der Waals surface area contributed by atoms with E-state index in [0.29, 0.717) is 29.5 Å². The third kappa shape index (κ3) is 5.47. The molecule has 3 aromatic rings. The fourth-order valence-corrected chi connectivity index (χ4v) is 3.10. The molecule has 0 saturated carbocycles. The third-order valence-electron chi connectivity index (χ3n) is 4.73. The van der Waals surface area contributed by atoms with Crippen LogP contribution in [0.2, 0.25) is 0 Å². The summed E-state index contributed by atoms with van der Waals surface area (Å²) in [7, 11) is 0. The first-order valence-electron chi connectivity index (χ1n) is 9.85. The molecule has 0 saturated heterocycles. The molecule has 0 radical (unpaired) electrons. The lowest BCUT2D eigenvalue weighted by atomic mass is 10.00. The molecular formula is C25H25NO4.